The van der Waals surface area contributed by atoms with Crippen molar-refractivity contribution in [3.63, 3.8) is 0 Å². The van der Waals surface area contributed by atoms with Crippen LogP contribution in [-0.4, -0.2) is 27.5 Å². The molecule has 0 radical (unpaired) electrons. The van der Waals surface area contributed by atoms with Gasteiger partial charge in [-0.1, -0.05) is 0 Å². The van der Waals surface area contributed by atoms with E-state index < -0.39 is 32.6 Å². The van der Waals surface area contributed by atoms with Crippen molar-refractivity contribution in [2.24, 2.45) is 0 Å². The normalized spacial score (nSPS) is 22.4. The molecule has 20 heavy (non-hydrogen) atoms. The Morgan fingerprint density at radius 1 is 1.30 bits per heavy atom. The Kier molecular flexibility index (Phi) is 3.17. The summed E-state index contributed by atoms with van der Waals surface area (Å²) in [7, 11) is -3.63. The van der Waals surface area contributed by atoms with E-state index in [1.165, 1.54) is 20.1 Å². The third kappa shape index (κ3) is 2.20. The first-order valence-corrected chi connectivity index (χ1v) is 6.83. The summed E-state index contributed by atoms with van der Waals surface area (Å²) in [5.74, 6) is -0.536. The largest absolute Gasteiger partial charge is 0.496 e. The van der Waals surface area contributed by atoms with Crippen LogP contribution in [0.5, 0.6) is 5.75 Å². The molecular weight excluding hydrogens is 291 g/mol. The molecule has 1 fully saturated rings. The number of hydrogen-bond donors (Lipinski definition) is 2. The third-order valence-corrected chi connectivity index (χ3v) is 3.85. The summed E-state index contributed by atoms with van der Waals surface area (Å²) in [5.41, 5.74) is -1.49. The summed E-state index contributed by atoms with van der Waals surface area (Å²) in [6, 6.07) is 2.45. The van der Waals surface area contributed by atoms with Gasteiger partial charge in [-0.25, -0.2) is 4.79 Å². The first-order valence-electron chi connectivity index (χ1n) is 5.45. The molecule has 0 saturated carbocycles. The second-order valence-electron chi connectivity index (χ2n) is 4.33. The van der Waals surface area contributed by atoms with Crippen molar-refractivity contribution in [3.05, 3.63) is 23.8 Å². The second kappa shape index (κ2) is 4.44. The van der Waals surface area contributed by atoms with E-state index in [9.17, 15) is 21.9 Å². The molecule has 2 rings (SSSR count). The number of halogens is 1. The lowest BCUT2D eigenvalue weighted by Crippen LogP contribution is -2.41. The highest BCUT2D eigenvalue weighted by atomic mass is 32.3. The lowest BCUT2D eigenvalue weighted by atomic mass is 9.91. The zero-order valence-electron chi connectivity index (χ0n) is 10.6. The highest BCUT2D eigenvalue weighted by Gasteiger charge is 2.45. The number of benzene rings is 1. The van der Waals surface area contributed by atoms with Gasteiger partial charge in [0.2, 0.25) is 0 Å². The van der Waals surface area contributed by atoms with E-state index >= 15 is 0 Å². The molecule has 3 amide bonds. The third-order valence-electron chi connectivity index (χ3n) is 3.04. The van der Waals surface area contributed by atoms with Crippen molar-refractivity contribution in [2.75, 3.05) is 7.11 Å². The van der Waals surface area contributed by atoms with Crippen molar-refractivity contribution in [1.29, 1.82) is 0 Å². The number of amides is 3. The zero-order valence-corrected chi connectivity index (χ0v) is 11.4. The number of ether oxygens (including phenoxy) is 1. The van der Waals surface area contributed by atoms with E-state index in [1.807, 2.05) is 5.32 Å². The van der Waals surface area contributed by atoms with Crippen LogP contribution >= 0.6 is 0 Å². The molecular formula is C11H11FN2O5S. The Balaban J connectivity index is 2.66. The molecule has 1 atom stereocenters. The maximum atomic E-state index is 13.1. The lowest BCUT2D eigenvalue weighted by Gasteiger charge is -2.23. The first-order chi connectivity index (χ1) is 9.18. The maximum Gasteiger partial charge on any atom is 0.332 e. The predicted octanol–water partition coefficient (Wildman–Crippen LogP) is 0.408. The molecule has 0 aliphatic carbocycles. The quantitative estimate of drug-likeness (QED) is 0.622. The molecule has 0 bridgehead atoms. The monoisotopic (exact) mass is 302 g/mol. The van der Waals surface area contributed by atoms with E-state index in [0.29, 0.717) is 0 Å². The van der Waals surface area contributed by atoms with Crippen LogP contribution in [0.3, 0.4) is 0 Å². The summed E-state index contributed by atoms with van der Waals surface area (Å²) in [6.07, 6.45) is 0. The highest BCUT2D eigenvalue weighted by molar-refractivity contribution is 7.86. The Morgan fingerprint density at radius 3 is 2.40 bits per heavy atom. The van der Waals surface area contributed by atoms with Crippen molar-refractivity contribution < 1.29 is 26.6 Å². The van der Waals surface area contributed by atoms with Gasteiger partial charge >= 0.3 is 16.3 Å². The first kappa shape index (κ1) is 14.3. The van der Waals surface area contributed by atoms with Crippen molar-refractivity contribution in [1.82, 2.24) is 10.6 Å². The molecule has 1 aliphatic heterocycles. The van der Waals surface area contributed by atoms with Gasteiger partial charge in [-0.3, -0.25) is 10.1 Å². The average Bonchev–Trinajstić information content (AvgIpc) is 2.62. The number of hydrogen-bond acceptors (Lipinski definition) is 5. The van der Waals surface area contributed by atoms with Gasteiger partial charge in [0.25, 0.3) is 5.91 Å². The van der Waals surface area contributed by atoms with E-state index in [4.69, 9.17) is 4.74 Å². The van der Waals surface area contributed by atoms with Crippen LogP contribution in [0.25, 0.3) is 0 Å². The number of carbonyl (C=O) groups is 2. The predicted molar refractivity (Wildman–Crippen MR) is 65.3 cm³/mol. The van der Waals surface area contributed by atoms with Crippen LogP contribution in [0.1, 0.15) is 12.5 Å². The van der Waals surface area contributed by atoms with Gasteiger partial charge in [0.05, 0.1) is 12.0 Å². The summed E-state index contributed by atoms with van der Waals surface area (Å²) < 4.78 is 40.0. The topological polar surface area (TPSA) is 102 Å². The van der Waals surface area contributed by atoms with Crippen LogP contribution in [-0.2, 0) is 20.6 Å². The summed E-state index contributed by atoms with van der Waals surface area (Å²) in [6.45, 7) is 1.36. The minimum Gasteiger partial charge on any atom is -0.496 e. The van der Waals surface area contributed by atoms with Crippen LogP contribution in [0, 0.1) is 0 Å². The van der Waals surface area contributed by atoms with E-state index in [0.717, 1.165) is 12.1 Å². The van der Waals surface area contributed by atoms with Crippen LogP contribution in [0.2, 0.25) is 0 Å². The number of imide groups is 1. The molecule has 1 aliphatic rings. The summed E-state index contributed by atoms with van der Waals surface area (Å²) in [4.78, 5) is 22.5. The summed E-state index contributed by atoms with van der Waals surface area (Å²) in [5, 5.41) is 4.38. The van der Waals surface area contributed by atoms with Crippen molar-refractivity contribution >= 4 is 22.2 Å². The van der Waals surface area contributed by atoms with E-state index in [1.54, 1.807) is 0 Å². The Hall–Kier alpha value is -2.16. The highest BCUT2D eigenvalue weighted by Crippen LogP contribution is 2.34. The molecule has 1 aromatic rings. The SMILES string of the molecule is COc1ccc(S(=O)(=O)F)cc1C1(C)NC(=O)NC1=O. The van der Waals surface area contributed by atoms with Gasteiger partial charge in [-0.2, -0.15) is 8.42 Å². The molecule has 1 aromatic carbocycles. The zero-order chi connectivity index (χ0) is 15.1. The standard InChI is InChI=1S/C11H11FN2O5S/c1-11(9(15)13-10(16)14-11)7-5-6(20(12,17)18)3-4-8(7)19-2/h3-5H,1-2H3,(H2,13,14,15,16). The van der Waals surface area contributed by atoms with E-state index in [-0.39, 0.29) is 11.3 Å². The van der Waals surface area contributed by atoms with E-state index in [2.05, 4.69) is 5.32 Å². The smallest absolute Gasteiger partial charge is 0.332 e. The minimum atomic E-state index is -4.94. The van der Waals surface area contributed by atoms with Gasteiger partial charge < -0.3 is 10.1 Å². The maximum absolute atomic E-state index is 13.1. The number of urea groups is 1. The molecule has 1 heterocycles. The van der Waals surface area contributed by atoms with Gasteiger partial charge in [0.15, 0.2) is 0 Å². The molecule has 9 heteroatoms. The molecule has 2 N–H and O–H groups in total. The molecule has 7 nitrogen and oxygen atoms in total. The lowest BCUT2D eigenvalue weighted by molar-refractivity contribution is -0.123. The van der Waals surface area contributed by atoms with Crippen LogP contribution in [0.15, 0.2) is 23.1 Å². The fourth-order valence-electron chi connectivity index (χ4n) is 1.96. The van der Waals surface area contributed by atoms with Crippen molar-refractivity contribution in [2.45, 2.75) is 17.4 Å². The number of rotatable bonds is 3. The number of nitrogens with one attached hydrogen (secondary N) is 2. The van der Waals surface area contributed by atoms with Gasteiger partial charge in [-0.15, -0.1) is 3.89 Å². The minimum absolute atomic E-state index is 0.0436. The van der Waals surface area contributed by atoms with Crippen LogP contribution in [0.4, 0.5) is 8.68 Å². The number of carbonyl (C=O) groups excluding carboxylic acids is 2. The Morgan fingerprint density at radius 2 is 1.95 bits per heavy atom. The second-order valence-corrected chi connectivity index (χ2v) is 5.68. The fourth-order valence-corrected chi connectivity index (χ4v) is 2.45. The van der Waals surface area contributed by atoms with Crippen molar-refractivity contribution in [3.8, 4) is 5.75 Å². The average molecular weight is 302 g/mol. The molecule has 0 aromatic heterocycles. The van der Waals surface area contributed by atoms with Gasteiger partial charge in [0.1, 0.15) is 11.3 Å². The Labute approximate surface area is 114 Å². The fraction of sp³-hybridized carbons (Fsp3) is 0.273. The van der Waals surface area contributed by atoms with Crippen LogP contribution < -0.4 is 15.4 Å². The molecule has 0 spiro atoms. The molecule has 1 saturated heterocycles. The van der Waals surface area contributed by atoms with Gasteiger partial charge in [0, 0.05) is 5.56 Å². The summed E-state index contributed by atoms with van der Waals surface area (Å²) >= 11 is 0. The Bertz CT molecular complexity index is 703. The molecule has 1 unspecified atom stereocenters. The van der Waals surface area contributed by atoms with Gasteiger partial charge in [-0.05, 0) is 25.1 Å². The molecule has 108 valence electrons. The number of methoxy groups -OCH3 is 1.